The zero-order valence-corrected chi connectivity index (χ0v) is 27.7. The van der Waals surface area contributed by atoms with Crippen molar-refractivity contribution in [3.05, 3.63) is 70.2 Å². The number of alkyl halides is 6. The summed E-state index contributed by atoms with van der Waals surface area (Å²) < 4.78 is 93.0. The van der Waals surface area contributed by atoms with Crippen molar-refractivity contribution >= 4 is 29.3 Å². The summed E-state index contributed by atoms with van der Waals surface area (Å²) in [5.74, 6) is -2.09. The number of hydrogen-bond acceptors (Lipinski definition) is 9. The van der Waals surface area contributed by atoms with E-state index in [4.69, 9.17) is 19.4 Å². The topological polar surface area (TPSA) is 118 Å². The van der Waals surface area contributed by atoms with Crippen LogP contribution in [0.2, 0.25) is 0 Å². The normalized spacial score (nSPS) is 21.6. The Labute approximate surface area is 286 Å². The first-order chi connectivity index (χ1) is 23.5. The molecule has 2 fully saturated rings. The largest absolute Gasteiger partial charge is 0.478 e. The van der Waals surface area contributed by atoms with E-state index in [0.717, 1.165) is 0 Å². The summed E-state index contributed by atoms with van der Waals surface area (Å²) >= 11 is 1.30. The summed E-state index contributed by atoms with van der Waals surface area (Å²) in [6.45, 7) is 6.77. The van der Waals surface area contributed by atoms with Crippen LogP contribution in [0.4, 0.5) is 37.1 Å². The Morgan fingerprint density at radius 3 is 2.42 bits per heavy atom. The molecule has 0 bridgehead atoms. The van der Waals surface area contributed by atoms with Gasteiger partial charge in [0.2, 0.25) is 5.95 Å². The fraction of sp³-hybridized carbons (Fsp3) is 0.424. The molecule has 2 aromatic heterocycles. The highest BCUT2D eigenvalue weighted by atomic mass is 32.1. The summed E-state index contributed by atoms with van der Waals surface area (Å²) in [4.78, 5) is 42.7. The number of hydrogen-bond donors (Lipinski definition) is 1. The average molecular weight is 724 g/mol. The first-order valence-corrected chi connectivity index (χ1v) is 16.4. The van der Waals surface area contributed by atoms with Crippen LogP contribution >= 0.6 is 11.3 Å². The Kier molecular flexibility index (Phi) is 9.41. The van der Waals surface area contributed by atoms with E-state index in [0.29, 0.717) is 76.3 Å². The molecule has 50 heavy (non-hydrogen) atoms. The lowest BCUT2D eigenvalue weighted by Crippen LogP contribution is -2.39. The lowest BCUT2D eigenvalue weighted by molar-refractivity contribution is -0.101. The number of carbonyl (C=O) groups excluding carboxylic acids is 1. The fourth-order valence-electron chi connectivity index (χ4n) is 6.30. The second-order valence-corrected chi connectivity index (χ2v) is 13.3. The van der Waals surface area contributed by atoms with Crippen molar-refractivity contribution in [3.63, 3.8) is 0 Å². The number of thiazole rings is 1. The second kappa shape index (κ2) is 13.3. The van der Waals surface area contributed by atoms with Crippen molar-refractivity contribution in [1.82, 2.24) is 19.9 Å². The maximum atomic E-state index is 13.7. The van der Waals surface area contributed by atoms with Crippen LogP contribution in [0.5, 0.6) is 0 Å². The van der Waals surface area contributed by atoms with Crippen LogP contribution in [0.3, 0.4) is 0 Å². The average Bonchev–Trinajstić information content (AvgIpc) is 3.58. The number of amides is 1. The maximum absolute atomic E-state index is 13.7. The number of cyclic esters (lactones) is 1. The third-order valence-electron chi connectivity index (χ3n) is 8.94. The van der Waals surface area contributed by atoms with E-state index in [1.165, 1.54) is 29.2 Å². The predicted molar refractivity (Wildman–Crippen MR) is 170 cm³/mol. The molecule has 2 saturated heterocycles. The first kappa shape index (κ1) is 35.3. The summed E-state index contributed by atoms with van der Waals surface area (Å²) in [5, 5.41) is 9.98. The number of nitrogens with zero attached hydrogens (tertiary/aromatic N) is 5. The van der Waals surface area contributed by atoms with E-state index in [9.17, 15) is 41.0 Å². The highest BCUT2D eigenvalue weighted by molar-refractivity contribution is 7.18. The van der Waals surface area contributed by atoms with Gasteiger partial charge in [-0.05, 0) is 51.0 Å². The van der Waals surface area contributed by atoms with Gasteiger partial charge in [-0.2, -0.15) is 26.3 Å². The number of aromatic carboxylic acids is 1. The Morgan fingerprint density at radius 2 is 1.78 bits per heavy atom. The summed E-state index contributed by atoms with van der Waals surface area (Å²) in [6.07, 6.45) is -10.6. The molecule has 3 aromatic rings. The van der Waals surface area contributed by atoms with Crippen LogP contribution in [0, 0.1) is 19.8 Å². The van der Waals surface area contributed by atoms with Gasteiger partial charge >= 0.3 is 24.4 Å². The molecule has 1 N–H and O–H groups in total. The van der Waals surface area contributed by atoms with Gasteiger partial charge in [-0.15, -0.1) is 11.3 Å². The van der Waals surface area contributed by atoms with Crippen LogP contribution in [-0.2, 0) is 16.0 Å². The van der Waals surface area contributed by atoms with Gasteiger partial charge in [0.15, 0.2) is 0 Å². The monoisotopic (exact) mass is 723 g/mol. The minimum absolute atomic E-state index is 0.101. The van der Waals surface area contributed by atoms with Gasteiger partial charge in [-0.3, -0.25) is 4.90 Å². The van der Waals surface area contributed by atoms with Gasteiger partial charge in [0.1, 0.15) is 11.1 Å². The Balaban J connectivity index is 1.35. The number of aromatic nitrogens is 3. The molecule has 4 heterocycles. The molecule has 0 saturated carbocycles. The van der Waals surface area contributed by atoms with Gasteiger partial charge in [-0.25, -0.2) is 24.5 Å². The molecule has 1 aromatic carbocycles. The SMILES string of the molecule is Cc1cc(C(=O)O)ccc1-c1nc(C)c(-c2cnc(N3CCOCC3)nc2CN2C(=O)O[C@H](C3C=C(C(F)(F)F)C=C(C(F)(F)F)C3)[C@@H]2C)s1. The highest BCUT2D eigenvalue weighted by Crippen LogP contribution is 2.44. The number of rotatable bonds is 7. The van der Waals surface area contributed by atoms with Crippen LogP contribution in [0.1, 0.15) is 40.7 Å². The predicted octanol–water partition coefficient (Wildman–Crippen LogP) is 7.13. The molecular weight excluding hydrogens is 692 g/mol. The van der Waals surface area contributed by atoms with Crippen LogP contribution < -0.4 is 4.90 Å². The van der Waals surface area contributed by atoms with Gasteiger partial charge in [-0.1, -0.05) is 12.1 Å². The zero-order chi connectivity index (χ0) is 36.1. The molecule has 17 heteroatoms. The zero-order valence-electron chi connectivity index (χ0n) is 26.9. The number of carboxylic acids is 1. The molecule has 1 aliphatic carbocycles. The quantitative estimate of drug-likeness (QED) is 0.254. The molecule has 266 valence electrons. The Bertz CT molecular complexity index is 1880. The van der Waals surface area contributed by atoms with Gasteiger partial charge in [0.25, 0.3) is 0 Å². The van der Waals surface area contributed by atoms with Crippen molar-refractivity contribution < 1.29 is 50.5 Å². The van der Waals surface area contributed by atoms with E-state index in [2.05, 4.69) is 4.98 Å². The number of carboxylic acid groups (broad SMARTS) is 1. The Hall–Kier alpha value is -4.51. The Morgan fingerprint density at radius 1 is 1.06 bits per heavy atom. The molecule has 0 radical (unpaired) electrons. The van der Waals surface area contributed by atoms with E-state index < -0.39 is 60.0 Å². The van der Waals surface area contributed by atoms with Gasteiger partial charge < -0.3 is 19.5 Å². The lowest BCUT2D eigenvalue weighted by atomic mass is 9.83. The summed E-state index contributed by atoms with van der Waals surface area (Å²) in [7, 11) is 0. The fourth-order valence-corrected chi connectivity index (χ4v) is 7.48. The minimum atomic E-state index is -5.03. The van der Waals surface area contributed by atoms with Crippen LogP contribution in [0.15, 0.2) is 47.7 Å². The third-order valence-corrected chi connectivity index (χ3v) is 10.2. The number of anilines is 1. The number of ether oxygens (including phenoxy) is 2. The van der Waals surface area contributed by atoms with E-state index in [-0.39, 0.29) is 18.2 Å². The standard InChI is InChI=1S/C33H31F6N5O5S/c1-16-10-19(29(45)46)4-5-23(16)28-41-17(2)27(50-28)24-14-40-30(43-6-8-48-9-7-43)42-25(24)15-44-18(3)26(49-31(44)47)20-11-21(32(34,35)36)13-22(12-20)33(37,38)39/h4-5,10-11,13-14,18,20,26H,6-9,12,15H2,1-3H3,(H,45,46)/t18-,20?,26-/m0/s1. The molecule has 10 nitrogen and oxygen atoms in total. The van der Waals surface area contributed by atoms with E-state index in [1.54, 1.807) is 32.2 Å². The van der Waals surface area contributed by atoms with Crippen molar-refractivity contribution in [2.75, 3.05) is 31.2 Å². The van der Waals surface area contributed by atoms with Crippen LogP contribution in [-0.4, -0.2) is 87.8 Å². The van der Waals surface area contributed by atoms with Crippen molar-refractivity contribution in [2.24, 2.45) is 5.92 Å². The summed E-state index contributed by atoms with van der Waals surface area (Å²) in [6, 6.07) is 3.78. The molecule has 3 aliphatic rings. The molecule has 1 unspecified atom stereocenters. The van der Waals surface area contributed by atoms with Crippen molar-refractivity contribution in [2.45, 2.75) is 58.2 Å². The third kappa shape index (κ3) is 7.06. The smallest absolute Gasteiger partial charge is 0.416 e. The van der Waals surface area contributed by atoms with E-state index in [1.807, 2.05) is 4.90 Å². The number of carbonyl (C=O) groups is 2. The highest BCUT2D eigenvalue weighted by Gasteiger charge is 2.48. The lowest BCUT2D eigenvalue weighted by Gasteiger charge is -2.30. The number of allylic oxidation sites excluding steroid dienone is 3. The number of halogens is 6. The molecule has 2 aliphatic heterocycles. The minimum Gasteiger partial charge on any atom is -0.478 e. The van der Waals surface area contributed by atoms with E-state index >= 15 is 0 Å². The molecule has 1 amide bonds. The molecule has 6 rings (SSSR count). The first-order valence-electron chi connectivity index (χ1n) is 15.6. The van der Waals surface area contributed by atoms with Crippen molar-refractivity contribution in [1.29, 1.82) is 0 Å². The van der Waals surface area contributed by atoms with Crippen LogP contribution in [0.25, 0.3) is 21.0 Å². The number of aryl methyl sites for hydroxylation is 2. The molecular formula is C33H31F6N5O5S. The molecule has 3 atom stereocenters. The second-order valence-electron chi connectivity index (χ2n) is 12.3. The van der Waals surface area contributed by atoms with Gasteiger partial charge in [0.05, 0.1) is 53.2 Å². The van der Waals surface area contributed by atoms with Crippen molar-refractivity contribution in [3.8, 4) is 21.0 Å². The molecule has 0 spiro atoms. The maximum Gasteiger partial charge on any atom is 0.416 e. The van der Waals surface area contributed by atoms with Gasteiger partial charge in [0, 0.05) is 41.9 Å². The summed E-state index contributed by atoms with van der Waals surface area (Å²) in [5.41, 5.74) is 0.230. The number of morpholine rings is 1. The number of benzene rings is 1.